The van der Waals surface area contributed by atoms with Gasteiger partial charge < -0.3 is 15.0 Å². The molecule has 0 unspecified atom stereocenters. The predicted octanol–water partition coefficient (Wildman–Crippen LogP) is 2.78. The second-order valence-corrected chi connectivity index (χ2v) is 5.45. The van der Waals surface area contributed by atoms with Crippen LogP contribution in [0.25, 0.3) is 0 Å². The van der Waals surface area contributed by atoms with Gasteiger partial charge in [-0.2, -0.15) is 0 Å². The van der Waals surface area contributed by atoms with Gasteiger partial charge in [0.1, 0.15) is 0 Å². The number of ether oxygens (including phenoxy) is 1. The number of rotatable bonds is 4. The van der Waals surface area contributed by atoms with Gasteiger partial charge in [0, 0.05) is 38.1 Å². The van der Waals surface area contributed by atoms with E-state index in [4.69, 9.17) is 4.74 Å². The van der Waals surface area contributed by atoms with Gasteiger partial charge >= 0.3 is 6.03 Å². The lowest BCUT2D eigenvalue weighted by Crippen LogP contribution is -2.41. The number of anilines is 1. The van der Waals surface area contributed by atoms with Crippen LogP contribution in [0.1, 0.15) is 30.1 Å². The Balaban J connectivity index is 1.86. The van der Waals surface area contributed by atoms with Gasteiger partial charge in [-0.25, -0.2) is 4.79 Å². The molecule has 5 heteroatoms. The zero-order valence-corrected chi connectivity index (χ0v) is 12.6. The van der Waals surface area contributed by atoms with E-state index in [1.54, 1.807) is 31.4 Å². The molecule has 2 rings (SSSR count). The van der Waals surface area contributed by atoms with Gasteiger partial charge in [-0.05, 0) is 49.9 Å². The molecule has 0 aliphatic carbocycles. The second-order valence-electron chi connectivity index (χ2n) is 5.45. The Labute approximate surface area is 125 Å². The number of benzene rings is 1. The Kier molecular flexibility index (Phi) is 5.33. The van der Waals surface area contributed by atoms with Crippen LogP contribution in [0.2, 0.25) is 0 Å². The van der Waals surface area contributed by atoms with Crippen LogP contribution in [0.5, 0.6) is 0 Å². The SMILES string of the molecule is COCC1CCN(C(=O)Nc2ccc(C(C)=O)cc2)CC1. The molecule has 1 N–H and O–H groups in total. The molecule has 5 nitrogen and oxygen atoms in total. The lowest BCUT2D eigenvalue weighted by molar-refractivity contribution is 0.101. The summed E-state index contributed by atoms with van der Waals surface area (Å²) in [6, 6.07) is 6.88. The highest BCUT2D eigenvalue weighted by Crippen LogP contribution is 2.18. The number of hydrogen-bond donors (Lipinski definition) is 1. The van der Waals surface area contributed by atoms with Crippen molar-refractivity contribution >= 4 is 17.5 Å². The molecule has 1 saturated heterocycles. The van der Waals surface area contributed by atoms with Crippen LogP contribution in [0.4, 0.5) is 10.5 Å². The third-order valence-electron chi connectivity index (χ3n) is 3.85. The molecule has 0 aromatic heterocycles. The largest absolute Gasteiger partial charge is 0.384 e. The molecular weight excluding hydrogens is 268 g/mol. The first-order chi connectivity index (χ1) is 10.1. The molecule has 21 heavy (non-hydrogen) atoms. The highest BCUT2D eigenvalue weighted by atomic mass is 16.5. The number of urea groups is 1. The molecule has 2 amide bonds. The number of likely N-dealkylation sites (tertiary alicyclic amines) is 1. The van der Waals surface area contributed by atoms with Crippen LogP contribution in [0.15, 0.2) is 24.3 Å². The molecular formula is C16H22N2O3. The minimum Gasteiger partial charge on any atom is -0.384 e. The second kappa shape index (κ2) is 7.22. The van der Waals surface area contributed by atoms with Crippen molar-refractivity contribution in [3.8, 4) is 0 Å². The molecule has 1 heterocycles. The fourth-order valence-electron chi connectivity index (χ4n) is 2.53. The lowest BCUT2D eigenvalue weighted by Gasteiger charge is -2.31. The van der Waals surface area contributed by atoms with E-state index < -0.39 is 0 Å². The molecule has 1 fully saturated rings. The van der Waals surface area contributed by atoms with E-state index in [1.807, 2.05) is 4.90 Å². The summed E-state index contributed by atoms with van der Waals surface area (Å²) in [5.41, 5.74) is 1.36. The summed E-state index contributed by atoms with van der Waals surface area (Å²) >= 11 is 0. The van der Waals surface area contributed by atoms with Gasteiger partial charge in [0.15, 0.2) is 5.78 Å². The summed E-state index contributed by atoms with van der Waals surface area (Å²) in [6.07, 6.45) is 1.95. The zero-order chi connectivity index (χ0) is 15.2. The Bertz CT molecular complexity index is 491. The van der Waals surface area contributed by atoms with Crippen LogP contribution in [-0.4, -0.2) is 43.5 Å². The van der Waals surface area contributed by atoms with Crippen molar-refractivity contribution in [1.82, 2.24) is 4.90 Å². The van der Waals surface area contributed by atoms with Crippen LogP contribution in [-0.2, 0) is 4.74 Å². The molecule has 1 aromatic carbocycles. The Morgan fingerprint density at radius 1 is 1.24 bits per heavy atom. The van der Waals surface area contributed by atoms with Crippen molar-refractivity contribution in [2.24, 2.45) is 5.92 Å². The van der Waals surface area contributed by atoms with Crippen LogP contribution < -0.4 is 5.32 Å². The van der Waals surface area contributed by atoms with E-state index in [9.17, 15) is 9.59 Å². The van der Waals surface area contributed by atoms with E-state index in [2.05, 4.69) is 5.32 Å². The van der Waals surface area contributed by atoms with E-state index >= 15 is 0 Å². The number of methoxy groups -OCH3 is 1. The summed E-state index contributed by atoms with van der Waals surface area (Å²) in [4.78, 5) is 25.2. The molecule has 1 aliphatic rings. The Morgan fingerprint density at radius 3 is 2.38 bits per heavy atom. The Hall–Kier alpha value is -1.88. The quantitative estimate of drug-likeness (QED) is 0.867. The molecule has 0 saturated carbocycles. The van der Waals surface area contributed by atoms with Crippen molar-refractivity contribution in [2.45, 2.75) is 19.8 Å². The number of carbonyl (C=O) groups excluding carboxylic acids is 2. The van der Waals surface area contributed by atoms with Crippen molar-refractivity contribution in [1.29, 1.82) is 0 Å². The third kappa shape index (κ3) is 4.29. The third-order valence-corrected chi connectivity index (χ3v) is 3.85. The van der Waals surface area contributed by atoms with Gasteiger partial charge in [0.05, 0.1) is 0 Å². The summed E-state index contributed by atoms with van der Waals surface area (Å²) in [6.45, 7) is 3.80. The summed E-state index contributed by atoms with van der Waals surface area (Å²) in [5.74, 6) is 0.571. The first kappa shape index (κ1) is 15.5. The predicted molar refractivity (Wildman–Crippen MR) is 81.6 cm³/mol. The Morgan fingerprint density at radius 2 is 1.86 bits per heavy atom. The highest BCUT2D eigenvalue weighted by molar-refractivity contribution is 5.95. The minimum absolute atomic E-state index is 0.0214. The zero-order valence-electron chi connectivity index (χ0n) is 12.6. The first-order valence-electron chi connectivity index (χ1n) is 7.26. The molecule has 0 atom stereocenters. The fourth-order valence-corrected chi connectivity index (χ4v) is 2.53. The average Bonchev–Trinajstić information content (AvgIpc) is 2.49. The lowest BCUT2D eigenvalue weighted by atomic mass is 9.98. The molecule has 114 valence electrons. The standard InChI is InChI=1S/C16H22N2O3/c1-12(19)14-3-5-15(6-4-14)17-16(20)18-9-7-13(8-10-18)11-21-2/h3-6,13H,7-11H2,1-2H3,(H,17,20). The van der Waals surface area contributed by atoms with E-state index in [0.717, 1.165) is 32.5 Å². The van der Waals surface area contributed by atoms with Crippen molar-refractivity contribution in [3.05, 3.63) is 29.8 Å². The molecule has 1 aromatic rings. The average molecular weight is 290 g/mol. The molecule has 0 spiro atoms. The molecule has 1 aliphatic heterocycles. The maximum Gasteiger partial charge on any atom is 0.321 e. The van der Waals surface area contributed by atoms with Gasteiger partial charge in [0.2, 0.25) is 0 Å². The first-order valence-corrected chi connectivity index (χ1v) is 7.26. The smallest absolute Gasteiger partial charge is 0.321 e. The maximum absolute atomic E-state index is 12.2. The summed E-state index contributed by atoms with van der Waals surface area (Å²) in [5, 5.41) is 2.87. The number of amides is 2. The normalized spacial score (nSPS) is 15.8. The number of nitrogens with one attached hydrogen (secondary N) is 1. The number of hydrogen-bond acceptors (Lipinski definition) is 3. The minimum atomic E-state index is -0.0820. The highest BCUT2D eigenvalue weighted by Gasteiger charge is 2.22. The van der Waals surface area contributed by atoms with Crippen molar-refractivity contribution in [2.75, 3.05) is 32.1 Å². The summed E-state index contributed by atoms with van der Waals surface area (Å²) in [7, 11) is 1.71. The van der Waals surface area contributed by atoms with Gasteiger partial charge in [-0.3, -0.25) is 4.79 Å². The molecule has 0 radical (unpaired) electrons. The van der Waals surface area contributed by atoms with Gasteiger partial charge in [0.25, 0.3) is 0 Å². The number of carbonyl (C=O) groups is 2. The van der Waals surface area contributed by atoms with Crippen molar-refractivity contribution in [3.63, 3.8) is 0 Å². The maximum atomic E-state index is 12.2. The van der Waals surface area contributed by atoms with Crippen LogP contribution in [0.3, 0.4) is 0 Å². The monoisotopic (exact) mass is 290 g/mol. The topological polar surface area (TPSA) is 58.6 Å². The van der Waals surface area contributed by atoms with E-state index in [0.29, 0.717) is 17.2 Å². The fraction of sp³-hybridized carbons (Fsp3) is 0.500. The van der Waals surface area contributed by atoms with E-state index in [-0.39, 0.29) is 11.8 Å². The number of piperidine rings is 1. The number of Topliss-reactive ketones (excluding diaryl/α,β-unsaturated/α-hetero) is 1. The summed E-state index contributed by atoms with van der Waals surface area (Å²) < 4.78 is 5.16. The van der Waals surface area contributed by atoms with E-state index in [1.165, 1.54) is 6.92 Å². The van der Waals surface area contributed by atoms with Crippen LogP contribution in [0, 0.1) is 5.92 Å². The van der Waals surface area contributed by atoms with Crippen molar-refractivity contribution < 1.29 is 14.3 Å². The number of ketones is 1. The van der Waals surface area contributed by atoms with Gasteiger partial charge in [-0.1, -0.05) is 0 Å². The number of nitrogens with zero attached hydrogens (tertiary/aromatic N) is 1. The van der Waals surface area contributed by atoms with Gasteiger partial charge in [-0.15, -0.1) is 0 Å². The molecule has 0 bridgehead atoms. The van der Waals surface area contributed by atoms with Crippen LogP contribution >= 0.6 is 0 Å².